The highest BCUT2D eigenvalue weighted by atomic mass is 32.2. The van der Waals surface area contributed by atoms with Gasteiger partial charge in [0.1, 0.15) is 10.7 Å². The van der Waals surface area contributed by atoms with E-state index >= 15 is 0 Å². The van der Waals surface area contributed by atoms with Gasteiger partial charge in [0.2, 0.25) is 0 Å². The van der Waals surface area contributed by atoms with Gasteiger partial charge in [-0.1, -0.05) is 0 Å². The first-order chi connectivity index (χ1) is 8.55. The maximum Gasteiger partial charge on any atom is 0.179 e. The van der Waals surface area contributed by atoms with Gasteiger partial charge < -0.3 is 10.4 Å². The van der Waals surface area contributed by atoms with Crippen molar-refractivity contribution < 1.29 is 13.5 Å². The van der Waals surface area contributed by atoms with Gasteiger partial charge in [0, 0.05) is 31.4 Å². The van der Waals surface area contributed by atoms with Crippen LogP contribution in [-0.4, -0.2) is 49.4 Å². The molecule has 1 heterocycles. The Morgan fingerprint density at radius 1 is 1.44 bits per heavy atom. The van der Waals surface area contributed by atoms with Gasteiger partial charge in [0.25, 0.3) is 0 Å². The average Bonchev–Trinajstić information content (AvgIpc) is 2.33. The van der Waals surface area contributed by atoms with Crippen LogP contribution in [0.5, 0.6) is 0 Å². The number of sulfone groups is 1. The molecule has 2 N–H and O–H groups in total. The summed E-state index contributed by atoms with van der Waals surface area (Å²) in [6.07, 6.45) is 3.52. The van der Waals surface area contributed by atoms with Crippen molar-refractivity contribution in [3.05, 3.63) is 18.3 Å². The Labute approximate surface area is 112 Å². The highest BCUT2D eigenvalue weighted by Crippen LogP contribution is 2.17. The second-order valence-electron chi connectivity index (χ2n) is 3.74. The zero-order chi connectivity index (χ0) is 13.4. The van der Waals surface area contributed by atoms with Gasteiger partial charge in [-0.2, -0.15) is 11.8 Å². The van der Waals surface area contributed by atoms with Crippen LogP contribution in [0.25, 0.3) is 0 Å². The molecule has 102 valence electrons. The molecule has 0 aromatic carbocycles. The van der Waals surface area contributed by atoms with Gasteiger partial charge in [0.15, 0.2) is 9.84 Å². The first-order valence-electron chi connectivity index (χ1n) is 5.63. The molecule has 0 saturated heterocycles. The number of aromatic nitrogens is 1. The van der Waals surface area contributed by atoms with Crippen molar-refractivity contribution in [1.82, 2.24) is 4.98 Å². The van der Waals surface area contributed by atoms with Crippen LogP contribution in [0.1, 0.15) is 6.42 Å². The number of pyridine rings is 1. The highest BCUT2D eigenvalue weighted by Gasteiger charge is 2.13. The van der Waals surface area contributed by atoms with Crippen LogP contribution in [-0.2, 0) is 9.84 Å². The number of nitrogens with zero attached hydrogens (tertiary/aromatic N) is 1. The quantitative estimate of drug-likeness (QED) is 0.696. The molecule has 0 atom stereocenters. The molecule has 0 amide bonds. The summed E-state index contributed by atoms with van der Waals surface area (Å²) in [6, 6.07) is 3.15. The molecule has 7 heteroatoms. The largest absolute Gasteiger partial charge is 0.396 e. The number of aliphatic hydroxyl groups is 1. The smallest absolute Gasteiger partial charge is 0.179 e. The van der Waals surface area contributed by atoms with Crippen LogP contribution in [0.15, 0.2) is 23.2 Å². The summed E-state index contributed by atoms with van der Waals surface area (Å²) in [5.41, 5.74) is 0. The zero-order valence-electron chi connectivity index (χ0n) is 10.3. The van der Waals surface area contributed by atoms with Crippen molar-refractivity contribution in [3.8, 4) is 0 Å². The molecule has 0 radical (unpaired) electrons. The molecule has 0 unspecified atom stereocenters. The van der Waals surface area contributed by atoms with Crippen molar-refractivity contribution in [2.24, 2.45) is 0 Å². The van der Waals surface area contributed by atoms with Crippen molar-refractivity contribution in [2.75, 3.05) is 36.2 Å². The fourth-order valence-corrected chi connectivity index (χ4v) is 2.92. The molecule has 1 aromatic heterocycles. The van der Waals surface area contributed by atoms with E-state index in [-0.39, 0.29) is 11.5 Å². The molecule has 0 bridgehead atoms. The standard InChI is InChI=1S/C11H18N2O3S2/c1-18(15,16)10-4-2-5-12-11(10)13-6-9-17-8-3-7-14/h2,4-5,14H,3,6-9H2,1H3,(H,12,13). The maximum absolute atomic E-state index is 11.5. The van der Waals surface area contributed by atoms with E-state index < -0.39 is 9.84 Å². The van der Waals surface area contributed by atoms with Crippen LogP contribution in [0, 0.1) is 0 Å². The Hall–Kier alpha value is -0.790. The summed E-state index contributed by atoms with van der Waals surface area (Å²) in [6.45, 7) is 0.856. The average molecular weight is 290 g/mol. The third-order valence-electron chi connectivity index (χ3n) is 2.16. The number of hydrogen-bond acceptors (Lipinski definition) is 6. The Bertz CT molecular complexity index is 463. The van der Waals surface area contributed by atoms with Gasteiger partial charge in [-0.3, -0.25) is 0 Å². The summed E-state index contributed by atoms with van der Waals surface area (Å²) < 4.78 is 23.0. The minimum Gasteiger partial charge on any atom is -0.396 e. The first kappa shape index (κ1) is 15.3. The van der Waals surface area contributed by atoms with Gasteiger partial charge >= 0.3 is 0 Å². The lowest BCUT2D eigenvalue weighted by atomic mass is 10.4. The second-order valence-corrected chi connectivity index (χ2v) is 6.95. The van der Waals surface area contributed by atoms with E-state index in [1.165, 1.54) is 6.26 Å². The predicted molar refractivity (Wildman–Crippen MR) is 74.9 cm³/mol. The molecule has 0 aliphatic heterocycles. The van der Waals surface area contributed by atoms with Crippen LogP contribution in [0.2, 0.25) is 0 Å². The van der Waals surface area contributed by atoms with Crippen LogP contribution in [0.4, 0.5) is 5.82 Å². The summed E-state index contributed by atoms with van der Waals surface area (Å²) >= 11 is 1.71. The number of aliphatic hydroxyl groups excluding tert-OH is 1. The van der Waals surface area contributed by atoms with Gasteiger partial charge in [0.05, 0.1) is 0 Å². The summed E-state index contributed by atoms with van der Waals surface area (Å²) in [4.78, 5) is 4.27. The predicted octanol–water partition coefficient (Wildman–Crippen LogP) is 1.01. The lowest BCUT2D eigenvalue weighted by Gasteiger charge is -2.09. The Kier molecular flexibility index (Phi) is 6.45. The fourth-order valence-electron chi connectivity index (χ4n) is 1.33. The molecule has 18 heavy (non-hydrogen) atoms. The molecule has 1 rings (SSSR count). The molecular weight excluding hydrogens is 272 g/mol. The van der Waals surface area contributed by atoms with E-state index in [9.17, 15) is 8.42 Å². The van der Waals surface area contributed by atoms with E-state index in [0.29, 0.717) is 12.4 Å². The van der Waals surface area contributed by atoms with Gasteiger partial charge in [-0.25, -0.2) is 13.4 Å². The number of thioether (sulfide) groups is 1. The van der Waals surface area contributed by atoms with Crippen molar-refractivity contribution in [2.45, 2.75) is 11.3 Å². The summed E-state index contributed by atoms with van der Waals surface area (Å²) in [5, 5.41) is 11.6. The minimum absolute atomic E-state index is 0.207. The van der Waals surface area contributed by atoms with Gasteiger partial charge in [-0.15, -0.1) is 0 Å². The second kappa shape index (κ2) is 7.60. The molecule has 0 saturated carbocycles. The topological polar surface area (TPSA) is 79.3 Å². The SMILES string of the molecule is CS(=O)(=O)c1cccnc1NCCSCCCO. The molecule has 5 nitrogen and oxygen atoms in total. The monoisotopic (exact) mass is 290 g/mol. The third-order valence-corrected chi connectivity index (χ3v) is 4.35. The van der Waals surface area contributed by atoms with Crippen molar-refractivity contribution >= 4 is 27.4 Å². The molecule has 0 fully saturated rings. The Balaban J connectivity index is 2.48. The molecule has 1 aromatic rings. The van der Waals surface area contributed by atoms with Crippen LogP contribution in [0.3, 0.4) is 0 Å². The number of hydrogen-bond donors (Lipinski definition) is 2. The number of rotatable bonds is 8. The molecule has 0 aliphatic carbocycles. The van der Waals surface area contributed by atoms with E-state index in [2.05, 4.69) is 10.3 Å². The normalized spacial score (nSPS) is 11.4. The number of anilines is 1. The van der Waals surface area contributed by atoms with Crippen LogP contribution >= 0.6 is 11.8 Å². The summed E-state index contributed by atoms with van der Waals surface area (Å²) in [7, 11) is -3.25. The number of nitrogens with one attached hydrogen (secondary N) is 1. The first-order valence-corrected chi connectivity index (χ1v) is 8.68. The van der Waals surface area contributed by atoms with Gasteiger partial charge in [-0.05, 0) is 24.3 Å². The van der Waals surface area contributed by atoms with Crippen LogP contribution < -0.4 is 5.32 Å². The van der Waals surface area contributed by atoms with E-state index in [1.807, 2.05) is 0 Å². The molecular formula is C11H18N2O3S2. The zero-order valence-corrected chi connectivity index (χ0v) is 11.9. The van der Waals surface area contributed by atoms with Crippen molar-refractivity contribution in [1.29, 1.82) is 0 Å². The third kappa shape index (κ3) is 5.24. The van der Waals surface area contributed by atoms with Crippen molar-refractivity contribution in [3.63, 3.8) is 0 Å². The maximum atomic E-state index is 11.5. The lowest BCUT2D eigenvalue weighted by Crippen LogP contribution is -2.10. The summed E-state index contributed by atoms with van der Waals surface area (Å²) in [5.74, 6) is 2.15. The minimum atomic E-state index is -3.25. The Morgan fingerprint density at radius 2 is 2.22 bits per heavy atom. The highest BCUT2D eigenvalue weighted by molar-refractivity contribution is 7.99. The molecule has 0 aliphatic rings. The molecule has 0 spiro atoms. The fraction of sp³-hybridized carbons (Fsp3) is 0.545. The van der Waals surface area contributed by atoms with E-state index in [4.69, 9.17) is 5.11 Å². The van der Waals surface area contributed by atoms with E-state index in [0.717, 1.165) is 17.9 Å². The van der Waals surface area contributed by atoms with E-state index in [1.54, 1.807) is 30.1 Å². The lowest BCUT2D eigenvalue weighted by molar-refractivity contribution is 0.296. The Morgan fingerprint density at radius 3 is 2.89 bits per heavy atom.